The highest BCUT2D eigenvalue weighted by atomic mass is 35.5. The van der Waals surface area contributed by atoms with E-state index in [2.05, 4.69) is 4.98 Å². The lowest BCUT2D eigenvalue weighted by atomic mass is 10.1. The molecule has 0 aliphatic carbocycles. The van der Waals surface area contributed by atoms with E-state index in [1.54, 1.807) is 18.3 Å². The molecule has 1 atom stereocenters. The van der Waals surface area contributed by atoms with Gasteiger partial charge in [-0.3, -0.25) is 4.98 Å². The Morgan fingerprint density at radius 2 is 1.75 bits per heavy atom. The average molecular weight is 362 g/mol. The van der Waals surface area contributed by atoms with E-state index in [1.807, 2.05) is 31.2 Å². The first-order valence-corrected chi connectivity index (χ1v) is 8.58. The molecule has 1 unspecified atom stereocenters. The van der Waals surface area contributed by atoms with Gasteiger partial charge in [0, 0.05) is 21.7 Å². The summed E-state index contributed by atoms with van der Waals surface area (Å²) in [6.45, 7) is 1.93. The van der Waals surface area contributed by atoms with Crippen LogP contribution in [0.4, 0.5) is 8.78 Å². The molecule has 5 heteroatoms. The maximum atomic E-state index is 14.3. The normalized spacial score (nSPS) is 12.2. The molecular weight excluding hydrogens is 348 g/mol. The molecule has 1 nitrogen and oxygen atoms in total. The Bertz CT molecular complexity index is 835. The lowest BCUT2D eigenvalue weighted by Crippen LogP contribution is -2.03. The van der Waals surface area contributed by atoms with E-state index < -0.39 is 16.9 Å². The van der Waals surface area contributed by atoms with Crippen molar-refractivity contribution >= 4 is 23.4 Å². The van der Waals surface area contributed by atoms with Crippen molar-refractivity contribution in [3.63, 3.8) is 0 Å². The monoisotopic (exact) mass is 361 g/mol. The van der Waals surface area contributed by atoms with E-state index >= 15 is 0 Å². The molecular formula is C19H14ClF2NS. The molecule has 0 saturated carbocycles. The van der Waals surface area contributed by atoms with Gasteiger partial charge in [0.2, 0.25) is 0 Å². The number of pyridine rings is 1. The first-order valence-electron chi connectivity index (χ1n) is 7.32. The van der Waals surface area contributed by atoms with Gasteiger partial charge in [0.1, 0.15) is 11.6 Å². The van der Waals surface area contributed by atoms with Gasteiger partial charge in [-0.1, -0.05) is 17.7 Å². The predicted octanol–water partition coefficient (Wildman–Crippen LogP) is 6.20. The van der Waals surface area contributed by atoms with Gasteiger partial charge in [0.15, 0.2) is 0 Å². The second-order valence-corrected chi connectivity index (χ2v) is 6.99. The summed E-state index contributed by atoms with van der Waals surface area (Å²) in [7, 11) is 0. The molecule has 1 aromatic heterocycles. The third kappa shape index (κ3) is 3.94. The van der Waals surface area contributed by atoms with Crippen LogP contribution in [0.3, 0.4) is 0 Å². The molecule has 0 amide bonds. The van der Waals surface area contributed by atoms with E-state index in [9.17, 15) is 8.78 Å². The zero-order chi connectivity index (χ0) is 17.1. The minimum Gasteiger partial charge on any atom is -0.259 e. The Morgan fingerprint density at radius 1 is 1.00 bits per heavy atom. The van der Waals surface area contributed by atoms with Crippen molar-refractivity contribution in [3.8, 4) is 0 Å². The lowest BCUT2D eigenvalue weighted by molar-refractivity contribution is 0.587. The molecule has 0 bridgehead atoms. The number of aryl methyl sites for hydroxylation is 1. The van der Waals surface area contributed by atoms with Gasteiger partial charge in [0.05, 0.1) is 10.9 Å². The lowest BCUT2D eigenvalue weighted by Gasteiger charge is -2.18. The zero-order valence-electron chi connectivity index (χ0n) is 12.8. The van der Waals surface area contributed by atoms with E-state index in [-0.39, 0.29) is 5.56 Å². The molecule has 0 radical (unpaired) electrons. The van der Waals surface area contributed by atoms with Crippen LogP contribution in [-0.2, 0) is 0 Å². The maximum absolute atomic E-state index is 14.3. The number of nitrogens with zero attached hydrogens (tertiary/aromatic N) is 1. The van der Waals surface area contributed by atoms with Crippen molar-refractivity contribution < 1.29 is 8.78 Å². The zero-order valence-corrected chi connectivity index (χ0v) is 14.4. The van der Waals surface area contributed by atoms with E-state index in [0.717, 1.165) is 22.6 Å². The SMILES string of the molecule is Cc1ccc(C(Sc2ccc(Cl)cc2)c2cc(F)ccc2F)nc1. The van der Waals surface area contributed by atoms with Crippen LogP contribution in [0.25, 0.3) is 0 Å². The smallest absolute Gasteiger partial charge is 0.128 e. The second kappa shape index (κ2) is 7.32. The summed E-state index contributed by atoms with van der Waals surface area (Å²) in [4.78, 5) is 5.30. The molecule has 3 rings (SSSR count). The number of aromatic nitrogens is 1. The van der Waals surface area contributed by atoms with Crippen molar-refractivity contribution in [3.05, 3.63) is 94.3 Å². The Balaban J connectivity index is 2.04. The van der Waals surface area contributed by atoms with Crippen molar-refractivity contribution in [2.45, 2.75) is 17.1 Å². The number of hydrogen-bond donors (Lipinski definition) is 0. The summed E-state index contributed by atoms with van der Waals surface area (Å²) < 4.78 is 28.0. The van der Waals surface area contributed by atoms with Crippen LogP contribution in [0.15, 0.2) is 65.7 Å². The van der Waals surface area contributed by atoms with Crippen LogP contribution in [0.1, 0.15) is 22.1 Å². The fourth-order valence-electron chi connectivity index (χ4n) is 2.28. The summed E-state index contributed by atoms with van der Waals surface area (Å²) in [6, 6.07) is 14.5. The number of rotatable bonds is 4. The third-order valence-electron chi connectivity index (χ3n) is 3.51. The van der Waals surface area contributed by atoms with Crippen molar-refractivity contribution in [2.75, 3.05) is 0 Å². The standard InChI is InChI=1S/C19H14ClF2NS/c1-12-2-9-18(23-11-12)19(16-10-14(21)5-8-17(16)22)24-15-6-3-13(20)4-7-15/h2-11,19H,1H3. The molecule has 2 aromatic carbocycles. The molecule has 0 aliphatic heterocycles. The molecule has 1 heterocycles. The topological polar surface area (TPSA) is 12.9 Å². The Kier molecular flexibility index (Phi) is 5.17. The van der Waals surface area contributed by atoms with Crippen LogP contribution < -0.4 is 0 Å². The average Bonchev–Trinajstić information content (AvgIpc) is 2.58. The molecule has 24 heavy (non-hydrogen) atoms. The van der Waals surface area contributed by atoms with Gasteiger partial charge in [-0.2, -0.15) is 0 Å². The van der Waals surface area contributed by atoms with Crippen molar-refractivity contribution in [1.82, 2.24) is 4.98 Å². The first-order chi connectivity index (χ1) is 11.5. The van der Waals surface area contributed by atoms with E-state index in [0.29, 0.717) is 10.7 Å². The van der Waals surface area contributed by atoms with Crippen LogP contribution in [0.2, 0.25) is 5.02 Å². The summed E-state index contributed by atoms with van der Waals surface area (Å²) in [5.41, 5.74) is 1.95. The van der Waals surface area contributed by atoms with Gasteiger partial charge in [-0.15, -0.1) is 11.8 Å². The predicted molar refractivity (Wildman–Crippen MR) is 94.5 cm³/mol. The van der Waals surface area contributed by atoms with Gasteiger partial charge in [0.25, 0.3) is 0 Å². The highest BCUT2D eigenvalue weighted by molar-refractivity contribution is 7.99. The number of hydrogen-bond acceptors (Lipinski definition) is 2. The largest absolute Gasteiger partial charge is 0.259 e. The van der Waals surface area contributed by atoms with Gasteiger partial charge < -0.3 is 0 Å². The Hall–Kier alpha value is -1.91. The quantitative estimate of drug-likeness (QED) is 0.513. The molecule has 3 aromatic rings. The highest BCUT2D eigenvalue weighted by Gasteiger charge is 2.21. The van der Waals surface area contributed by atoms with Crippen molar-refractivity contribution in [2.24, 2.45) is 0 Å². The minimum absolute atomic E-state index is 0.270. The summed E-state index contributed by atoms with van der Waals surface area (Å²) >= 11 is 7.32. The molecule has 0 fully saturated rings. The van der Waals surface area contributed by atoms with E-state index in [1.165, 1.54) is 17.8 Å². The molecule has 0 aliphatic rings. The summed E-state index contributed by atoms with van der Waals surface area (Å²) in [5.74, 6) is -0.926. The summed E-state index contributed by atoms with van der Waals surface area (Å²) in [6.07, 6.45) is 1.72. The van der Waals surface area contributed by atoms with Crippen LogP contribution in [0, 0.1) is 18.6 Å². The number of thioether (sulfide) groups is 1. The molecule has 0 saturated heterocycles. The Morgan fingerprint density at radius 3 is 2.42 bits per heavy atom. The molecule has 0 N–H and O–H groups in total. The van der Waals surface area contributed by atoms with E-state index in [4.69, 9.17) is 11.6 Å². The van der Waals surface area contributed by atoms with Gasteiger partial charge in [-0.25, -0.2) is 8.78 Å². The van der Waals surface area contributed by atoms with Crippen LogP contribution >= 0.6 is 23.4 Å². The fourth-order valence-corrected chi connectivity index (χ4v) is 3.54. The number of benzene rings is 2. The minimum atomic E-state index is -0.472. The third-order valence-corrected chi connectivity index (χ3v) is 5.04. The summed E-state index contributed by atoms with van der Waals surface area (Å²) in [5, 5.41) is 0.170. The number of halogens is 3. The Labute approximate surface area is 148 Å². The van der Waals surface area contributed by atoms with Gasteiger partial charge >= 0.3 is 0 Å². The van der Waals surface area contributed by atoms with Crippen LogP contribution in [0.5, 0.6) is 0 Å². The maximum Gasteiger partial charge on any atom is 0.128 e. The van der Waals surface area contributed by atoms with Gasteiger partial charge in [-0.05, 0) is 61.0 Å². The van der Waals surface area contributed by atoms with Crippen LogP contribution in [-0.4, -0.2) is 4.98 Å². The van der Waals surface area contributed by atoms with Crippen molar-refractivity contribution in [1.29, 1.82) is 0 Å². The second-order valence-electron chi connectivity index (χ2n) is 5.38. The fraction of sp³-hybridized carbons (Fsp3) is 0.105. The first kappa shape index (κ1) is 16.9. The highest BCUT2D eigenvalue weighted by Crippen LogP contribution is 2.41. The molecule has 0 spiro atoms. The molecule has 122 valence electrons.